The third kappa shape index (κ3) is 3.69. The number of hydrogen-bond acceptors (Lipinski definition) is 6. The fourth-order valence-electron chi connectivity index (χ4n) is 2.49. The number of nitro groups is 1. The van der Waals surface area contributed by atoms with E-state index < -0.39 is 0 Å². The van der Waals surface area contributed by atoms with Crippen LogP contribution < -0.4 is 5.32 Å². The highest BCUT2D eigenvalue weighted by Gasteiger charge is 2.26. The van der Waals surface area contributed by atoms with Gasteiger partial charge in [-0.05, 0) is 18.6 Å². The normalized spacial score (nSPS) is 23.0. The molecule has 1 aromatic carbocycles. The smallest absolute Gasteiger partial charge is 0.269 e. The fourth-order valence-corrected chi connectivity index (χ4v) is 2.49. The lowest BCUT2D eigenvalue weighted by Gasteiger charge is -2.37. The van der Waals surface area contributed by atoms with E-state index in [1.54, 1.807) is 19.2 Å². The molecule has 0 saturated carbocycles. The molecule has 1 aliphatic heterocycles. The minimum absolute atomic E-state index is 0.0168. The van der Waals surface area contributed by atoms with Crippen molar-refractivity contribution >= 4 is 11.4 Å². The number of nitrogens with one attached hydrogen (secondary N) is 1. The molecule has 7 heteroatoms. The largest absolute Gasteiger partial charge is 0.394 e. The first-order chi connectivity index (χ1) is 10.0. The van der Waals surface area contributed by atoms with Crippen LogP contribution in [0.2, 0.25) is 0 Å². The van der Waals surface area contributed by atoms with Gasteiger partial charge >= 0.3 is 0 Å². The van der Waals surface area contributed by atoms with Crippen molar-refractivity contribution in [3.63, 3.8) is 0 Å². The van der Waals surface area contributed by atoms with Crippen LogP contribution in [0.3, 0.4) is 0 Å². The number of nitro benzene ring substituents is 1. The lowest BCUT2D eigenvalue weighted by atomic mass is 10.1. The van der Waals surface area contributed by atoms with E-state index in [4.69, 9.17) is 4.74 Å². The van der Waals surface area contributed by atoms with Crippen molar-refractivity contribution < 1.29 is 14.8 Å². The number of anilines is 1. The molecular weight excluding hydrogens is 274 g/mol. The van der Waals surface area contributed by atoms with E-state index in [1.807, 2.05) is 6.92 Å². The standard InChI is InChI=1S/C14H21N3O4/c1-10-9-21-13(8-18)7-16(10)6-11-5-12(17(19)20)3-4-14(11)15-2/h3-5,10,13,15,18H,6-9H2,1-2H3. The molecule has 1 saturated heterocycles. The average Bonchev–Trinajstić information content (AvgIpc) is 2.49. The van der Waals surface area contributed by atoms with Gasteiger partial charge in [-0.1, -0.05) is 0 Å². The van der Waals surface area contributed by atoms with E-state index in [0.717, 1.165) is 11.3 Å². The maximum Gasteiger partial charge on any atom is 0.269 e. The van der Waals surface area contributed by atoms with Crippen molar-refractivity contribution in [1.82, 2.24) is 4.90 Å². The molecule has 0 radical (unpaired) electrons. The van der Waals surface area contributed by atoms with Gasteiger partial charge in [-0.2, -0.15) is 0 Å². The van der Waals surface area contributed by atoms with Gasteiger partial charge in [-0.15, -0.1) is 0 Å². The highest BCUT2D eigenvalue weighted by molar-refractivity contribution is 5.55. The Hall–Kier alpha value is -1.70. The molecule has 1 aromatic rings. The summed E-state index contributed by atoms with van der Waals surface area (Å²) in [6.45, 7) is 3.78. The topological polar surface area (TPSA) is 87.9 Å². The zero-order valence-electron chi connectivity index (χ0n) is 12.3. The molecule has 2 N–H and O–H groups in total. The van der Waals surface area contributed by atoms with Crippen molar-refractivity contribution in [1.29, 1.82) is 0 Å². The number of benzene rings is 1. The van der Waals surface area contributed by atoms with Gasteiger partial charge in [0, 0.05) is 44.0 Å². The molecule has 0 spiro atoms. The van der Waals surface area contributed by atoms with Gasteiger partial charge in [0.15, 0.2) is 0 Å². The molecule has 21 heavy (non-hydrogen) atoms. The summed E-state index contributed by atoms with van der Waals surface area (Å²) in [6, 6.07) is 5.02. The second-order valence-electron chi connectivity index (χ2n) is 5.26. The van der Waals surface area contributed by atoms with E-state index in [1.165, 1.54) is 6.07 Å². The van der Waals surface area contributed by atoms with Gasteiger partial charge in [0.05, 0.1) is 24.2 Å². The first-order valence-corrected chi connectivity index (χ1v) is 6.96. The van der Waals surface area contributed by atoms with E-state index in [-0.39, 0.29) is 29.4 Å². The minimum Gasteiger partial charge on any atom is -0.394 e. The summed E-state index contributed by atoms with van der Waals surface area (Å²) < 4.78 is 5.51. The summed E-state index contributed by atoms with van der Waals surface area (Å²) in [6.07, 6.45) is -0.196. The summed E-state index contributed by atoms with van der Waals surface area (Å²) in [7, 11) is 1.80. The molecule has 0 aliphatic carbocycles. The summed E-state index contributed by atoms with van der Waals surface area (Å²) in [5, 5.41) is 23.2. The highest BCUT2D eigenvalue weighted by atomic mass is 16.6. The fraction of sp³-hybridized carbons (Fsp3) is 0.571. The van der Waals surface area contributed by atoms with Crippen molar-refractivity contribution in [2.75, 3.05) is 32.1 Å². The number of aliphatic hydroxyl groups is 1. The third-order valence-electron chi connectivity index (χ3n) is 3.78. The molecule has 2 unspecified atom stereocenters. The summed E-state index contributed by atoms with van der Waals surface area (Å²) >= 11 is 0. The number of nitrogens with zero attached hydrogens (tertiary/aromatic N) is 2. The van der Waals surface area contributed by atoms with E-state index in [9.17, 15) is 15.2 Å². The SMILES string of the molecule is CNc1ccc([N+](=O)[O-])cc1CN1CC(CO)OCC1C. The predicted octanol–water partition coefficient (Wildman–Crippen LogP) is 1.22. The molecule has 2 rings (SSSR count). The molecule has 2 atom stereocenters. The number of non-ortho nitro benzene ring substituents is 1. The van der Waals surface area contributed by atoms with Gasteiger partial charge in [-0.25, -0.2) is 0 Å². The molecule has 1 aliphatic rings. The van der Waals surface area contributed by atoms with Crippen molar-refractivity contribution in [3.8, 4) is 0 Å². The molecule has 0 aromatic heterocycles. The number of morpholine rings is 1. The second kappa shape index (κ2) is 6.84. The summed E-state index contributed by atoms with van der Waals surface area (Å²) in [4.78, 5) is 12.7. The average molecular weight is 295 g/mol. The number of hydrogen-bond donors (Lipinski definition) is 2. The van der Waals surface area contributed by atoms with E-state index in [0.29, 0.717) is 19.7 Å². The molecule has 7 nitrogen and oxygen atoms in total. The zero-order chi connectivity index (χ0) is 15.4. The summed E-state index contributed by atoms with van der Waals surface area (Å²) in [5.41, 5.74) is 1.83. The first-order valence-electron chi connectivity index (χ1n) is 6.96. The first kappa shape index (κ1) is 15.7. The quantitative estimate of drug-likeness (QED) is 0.627. The summed E-state index contributed by atoms with van der Waals surface area (Å²) in [5.74, 6) is 0. The van der Waals surface area contributed by atoms with Crippen LogP contribution in [0.25, 0.3) is 0 Å². The Morgan fingerprint density at radius 2 is 2.33 bits per heavy atom. The van der Waals surface area contributed by atoms with E-state index in [2.05, 4.69) is 10.2 Å². The molecule has 0 amide bonds. The van der Waals surface area contributed by atoms with Crippen molar-refractivity contribution in [3.05, 3.63) is 33.9 Å². The molecule has 0 bridgehead atoms. The van der Waals surface area contributed by atoms with Gasteiger partial charge in [0.25, 0.3) is 5.69 Å². The Kier molecular flexibility index (Phi) is 5.11. The number of rotatable bonds is 5. The highest BCUT2D eigenvalue weighted by Crippen LogP contribution is 2.25. The molecular formula is C14H21N3O4. The van der Waals surface area contributed by atoms with E-state index >= 15 is 0 Å². The third-order valence-corrected chi connectivity index (χ3v) is 3.78. The molecule has 116 valence electrons. The van der Waals surface area contributed by atoms with Crippen LogP contribution in [0.15, 0.2) is 18.2 Å². The Bertz CT molecular complexity index is 509. The lowest BCUT2D eigenvalue weighted by molar-refractivity contribution is -0.384. The maximum absolute atomic E-state index is 10.9. The second-order valence-corrected chi connectivity index (χ2v) is 5.26. The zero-order valence-corrected chi connectivity index (χ0v) is 12.3. The Morgan fingerprint density at radius 3 is 2.95 bits per heavy atom. The predicted molar refractivity (Wildman–Crippen MR) is 79.3 cm³/mol. The van der Waals surface area contributed by atoms with Crippen LogP contribution in [0.5, 0.6) is 0 Å². The Labute approximate surface area is 123 Å². The van der Waals surface area contributed by atoms with Crippen LogP contribution in [0.1, 0.15) is 12.5 Å². The van der Waals surface area contributed by atoms with Gasteiger partial charge in [-0.3, -0.25) is 15.0 Å². The Balaban J connectivity index is 2.20. The van der Waals surface area contributed by atoms with Crippen molar-refractivity contribution in [2.24, 2.45) is 0 Å². The van der Waals surface area contributed by atoms with Gasteiger partial charge in [0.1, 0.15) is 0 Å². The molecule has 1 fully saturated rings. The van der Waals surface area contributed by atoms with Crippen LogP contribution in [-0.2, 0) is 11.3 Å². The van der Waals surface area contributed by atoms with Gasteiger partial charge in [0.2, 0.25) is 0 Å². The number of aliphatic hydroxyl groups excluding tert-OH is 1. The van der Waals surface area contributed by atoms with Crippen LogP contribution in [0.4, 0.5) is 11.4 Å². The maximum atomic E-state index is 10.9. The van der Waals surface area contributed by atoms with Gasteiger partial charge < -0.3 is 15.2 Å². The van der Waals surface area contributed by atoms with Crippen LogP contribution >= 0.6 is 0 Å². The minimum atomic E-state index is -0.387. The number of ether oxygens (including phenoxy) is 1. The van der Waals surface area contributed by atoms with Crippen molar-refractivity contribution in [2.45, 2.75) is 25.6 Å². The monoisotopic (exact) mass is 295 g/mol. The molecule has 1 heterocycles. The van der Waals surface area contributed by atoms with Crippen LogP contribution in [-0.4, -0.2) is 53.9 Å². The Morgan fingerprint density at radius 1 is 1.57 bits per heavy atom. The van der Waals surface area contributed by atoms with Crippen LogP contribution in [0, 0.1) is 10.1 Å². The lowest BCUT2D eigenvalue weighted by Crippen LogP contribution is -2.48.